The highest BCUT2D eigenvalue weighted by molar-refractivity contribution is 7.89. The quantitative estimate of drug-likeness (QED) is 0.826. The lowest BCUT2D eigenvalue weighted by molar-refractivity contribution is -0.125. The first-order chi connectivity index (χ1) is 11.5. The van der Waals surface area contributed by atoms with Crippen LogP contribution < -0.4 is 5.32 Å². The molecular formula is C18H24N2O3S. The zero-order chi connectivity index (χ0) is 17.2. The number of nitrogens with one attached hydrogen (secondary N) is 1. The van der Waals surface area contributed by atoms with E-state index in [1.807, 2.05) is 12.1 Å². The number of aryl methyl sites for hydroxylation is 2. The molecule has 1 aromatic carbocycles. The highest BCUT2D eigenvalue weighted by Gasteiger charge is 2.32. The number of hydrogen-bond donors (Lipinski definition) is 1. The summed E-state index contributed by atoms with van der Waals surface area (Å²) in [4.78, 5) is 12.4. The van der Waals surface area contributed by atoms with Crippen molar-refractivity contribution in [2.75, 3.05) is 19.6 Å². The van der Waals surface area contributed by atoms with Gasteiger partial charge in [0.15, 0.2) is 0 Å². The highest BCUT2D eigenvalue weighted by Crippen LogP contribution is 2.28. The minimum Gasteiger partial charge on any atom is -0.352 e. The standard InChI is InChI=1S/C18H24N2O3S/c1-2-10-19-18(21)15-8-11-20(12-9-15)24(22,23)17-7-6-14-4-3-5-16(14)13-17/h2,6-7,13,15H,1,3-5,8-12H2,(H,19,21). The van der Waals surface area contributed by atoms with E-state index in [1.165, 1.54) is 9.87 Å². The number of fused-ring (bicyclic) bond motifs is 1. The monoisotopic (exact) mass is 348 g/mol. The predicted molar refractivity (Wildman–Crippen MR) is 93.2 cm³/mol. The Morgan fingerprint density at radius 2 is 1.96 bits per heavy atom. The molecule has 3 rings (SSSR count). The molecule has 1 fully saturated rings. The Morgan fingerprint density at radius 1 is 1.25 bits per heavy atom. The number of amides is 1. The van der Waals surface area contributed by atoms with Gasteiger partial charge in [-0.25, -0.2) is 8.42 Å². The number of carbonyl (C=O) groups is 1. The molecule has 0 aromatic heterocycles. The molecule has 6 heteroatoms. The third-order valence-corrected chi connectivity index (χ3v) is 6.85. The zero-order valence-electron chi connectivity index (χ0n) is 13.8. The maximum atomic E-state index is 12.8. The smallest absolute Gasteiger partial charge is 0.243 e. The van der Waals surface area contributed by atoms with E-state index >= 15 is 0 Å². The average molecular weight is 348 g/mol. The molecule has 1 heterocycles. The predicted octanol–water partition coefficient (Wildman–Crippen LogP) is 1.88. The average Bonchev–Trinajstić information content (AvgIpc) is 3.07. The Balaban J connectivity index is 1.67. The van der Waals surface area contributed by atoms with Crippen LogP contribution in [0.5, 0.6) is 0 Å². The molecule has 1 aliphatic heterocycles. The molecule has 0 bridgehead atoms. The summed E-state index contributed by atoms with van der Waals surface area (Å²) in [5.41, 5.74) is 2.43. The third kappa shape index (κ3) is 3.39. The number of hydrogen-bond acceptors (Lipinski definition) is 3. The topological polar surface area (TPSA) is 66.5 Å². The summed E-state index contributed by atoms with van der Waals surface area (Å²) in [5.74, 6) is -0.124. The summed E-state index contributed by atoms with van der Waals surface area (Å²) in [5, 5.41) is 2.79. The van der Waals surface area contributed by atoms with Crippen LogP contribution in [0.4, 0.5) is 0 Å². The number of piperidine rings is 1. The van der Waals surface area contributed by atoms with Gasteiger partial charge in [-0.3, -0.25) is 4.79 Å². The van der Waals surface area contributed by atoms with E-state index < -0.39 is 10.0 Å². The van der Waals surface area contributed by atoms with Gasteiger partial charge in [-0.15, -0.1) is 6.58 Å². The first-order valence-electron chi connectivity index (χ1n) is 8.53. The van der Waals surface area contributed by atoms with E-state index in [0.717, 1.165) is 24.8 Å². The van der Waals surface area contributed by atoms with Crippen LogP contribution in [0.15, 0.2) is 35.7 Å². The molecule has 1 amide bonds. The Hall–Kier alpha value is -1.66. The van der Waals surface area contributed by atoms with Gasteiger partial charge in [0, 0.05) is 25.6 Å². The van der Waals surface area contributed by atoms with Crippen molar-refractivity contribution in [1.82, 2.24) is 9.62 Å². The third-order valence-electron chi connectivity index (χ3n) is 4.95. The van der Waals surface area contributed by atoms with Crippen LogP contribution in [-0.2, 0) is 27.7 Å². The lowest BCUT2D eigenvalue weighted by Crippen LogP contribution is -2.43. The van der Waals surface area contributed by atoms with E-state index in [2.05, 4.69) is 11.9 Å². The largest absolute Gasteiger partial charge is 0.352 e. The molecular weight excluding hydrogens is 324 g/mol. The van der Waals surface area contributed by atoms with Crippen LogP contribution in [-0.4, -0.2) is 38.3 Å². The van der Waals surface area contributed by atoms with Gasteiger partial charge >= 0.3 is 0 Å². The molecule has 1 saturated heterocycles. The van der Waals surface area contributed by atoms with Crippen molar-refractivity contribution in [3.8, 4) is 0 Å². The Bertz CT molecular complexity index is 735. The van der Waals surface area contributed by atoms with Crippen molar-refractivity contribution in [2.45, 2.75) is 37.0 Å². The molecule has 0 spiro atoms. The lowest BCUT2D eigenvalue weighted by Gasteiger charge is -2.30. The van der Waals surface area contributed by atoms with Gasteiger partial charge in [0.05, 0.1) is 4.90 Å². The fourth-order valence-electron chi connectivity index (χ4n) is 3.53. The van der Waals surface area contributed by atoms with Crippen molar-refractivity contribution in [3.63, 3.8) is 0 Å². The number of carbonyl (C=O) groups excluding carboxylic acids is 1. The fourth-order valence-corrected chi connectivity index (χ4v) is 5.05. The van der Waals surface area contributed by atoms with E-state index in [-0.39, 0.29) is 11.8 Å². The molecule has 24 heavy (non-hydrogen) atoms. The van der Waals surface area contributed by atoms with Crippen LogP contribution in [0.2, 0.25) is 0 Å². The molecule has 2 aliphatic rings. The molecule has 5 nitrogen and oxygen atoms in total. The summed E-state index contributed by atoms with van der Waals surface area (Å²) in [6.45, 7) is 4.82. The Kier molecular flexibility index (Phi) is 5.06. The van der Waals surface area contributed by atoms with Crippen molar-refractivity contribution in [1.29, 1.82) is 0 Å². The van der Waals surface area contributed by atoms with E-state index in [1.54, 1.807) is 12.1 Å². The minimum absolute atomic E-state index is 0.00974. The fraction of sp³-hybridized carbons (Fsp3) is 0.500. The number of benzene rings is 1. The first kappa shape index (κ1) is 17.2. The first-order valence-corrected chi connectivity index (χ1v) is 9.97. The van der Waals surface area contributed by atoms with Gasteiger partial charge in [-0.2, -0.15) is 4.31 Å². The van der Waals surface area contributed by atoms with Crippen molar-refractivity contribution < 1.29 is 13.2 Å². The van der Waals surface area contributed by atoms with E-state index in [9.17, 15) is 13.2 Å². The van der Waals surface area contributed by atoms with Gasteiger partial charge in [-0.05, 0) is 55.4 Å². The minimum atomic E-state index is -3.46. The van der Waals surface area contributed by atoms with Crippen molar-refractivity contribution in [2.24, 2.45) is 5.92 Å². The summed E-state index contributed by atoms with van der Waals surface area (Å²) in [7, 11) is -3.46. The van der Waals surface area contributed by atoms with Crippen molar-refractivity contribution >= 4 is 15.9 Å². The van der Waals surface area contributed by atoms with Gasteiger partial charge in [-0.1, -0.05) is 12.1 Å². The van der Waals surface area contributed by atoms with Gasteiger partial charge in [0.25, 0.3) is 0 Å². The molecule has 1 N–H and O–H groups in total. The normalized spacial score (nSPS) is 19.0. The van der Waals surface area contributed by atoms with Crippen molar-refractivity contribution in [3.05, 3.63) is 42.0 Å². The van der Waals surface area contributed by atoms with Gasteiger partial charge in [0.2, 0.25) is 15.9 Å². The maximum Gasteiger partial charge on any atom is 0.243 e. The van der Waals surface area contributed by atoms with Crippen LogP contribution in [0.1, 0.15) is 30.4 Å². The molecule has 130 valence electrons. The second-order valence-electron chi connectivity index (χ2n) is 6.50. The highest BCUT2D eigenvalue weighted by atomic mass is 32.2. The Morgan fingerprint density at radius 3 is 2.67 bits per heavy atom. The zero-order valence-corrected chi connectivity index (χ0v) is 14.6. The van der Waals surface area contributed by atoms with E-state index in [4.69, 9.17) is 0 Å². The SMILES string of the molecule is C=CCNC(=O)C1CCN(S(=O)(=O)c2ccc3c(c2)CCC3)CC1. The summed E-state index contributed by atoms with van der Waals surface area (Å²) in [6.07, 6.45) is 5.88. The van der Waals surface area contributed by atoms with Crippen LogP contribution in [0.3, 0.4) is 0 Å². The number of sulfonamides is 1. The van der Waals surface area contributed by atoms with Crippen LogP contribution in [0, 0.1) is 5.92 Å². The number of rotatable bonds is 5. The molecule has 0 saturated carbocycles. The van der Waals surface area contributed by atoms with Gasteiger partial charge < -0.3 is 5.32 Å². The lowest BCUT2D eigenvalue weighted by atomic mass is 9.97. The summed E-state index contributed by atoms with van der Waals surface area (Å²) >= 11 is 0. The molecule has 0 unspecified atom stereocenters. The summed E-state index contributed by atoms with van der Waals surface area (Å²) < 4.78 is 27.2. The molecule has 0 atom stereocenters. The van der Waals surface area contributed by atoms with E-state index in [0.29, 0.717) is 37.4 Å². The molecule has 0 radical (unpaired) electrons. The maximum absolute atomic E-state index is 12.8. The van der Waals surface area contributed by atoms with Crippen LogP contribution in [0.25, 0.3) is 0 Å². The summed E-state index contributed by atoms with van der Waals surface area (Å²) in [6, 6.07) is 5.51. The number of nitrogens with zero attached hydrogens (tertiary/aromatic N) is 1. The second-order valence-corrected chi connectivity index (χ2v) is 8.43. The Labute approximate surface area is 143 Å². The van der Waals surface area contributed by atoms with Crippen LogP contribution >= 0.6 is 0 Å². The van der Waals surface area contributed by atoms with Gasteiger partial charge in [0.1, 0.15) is 0 Å². The molecule has 1 aromatic rings. The molecule has 1 aliphatic carbocycles. The second kappa shape index (κ2) is 7.07.